The van der Waals surface area contributed by atoms with E-state index < -0.39 is 5.60 Å². The number of amides is 2. The number of aryl methyl sites for hydroxylation is 1. The summed E-state index contributed by atoms with van der Waals surface area (Å²) in [5.74, 6) is 1.48. The van der Waals surface area contributed by atoms with Crippen molar-refractivity contribution in [1.29, 1.82) is 0 Å². The summed E-state index contributed by atoms with van der Waals surface area (Å²) in [6.07, 6.45) is 6.90. The van der Waals surface area contributed by atoms with Crippen molar-refractivity contribution in [3.8, 4) is 5.75 Å². The van der Waals surface area contributed by atoms with Gasteiger partial charge in [-0.3, -0.25) is 4.79 Å². The normalized spacial score (nSPS) is 20.2. The van der Waals surface area contributed by atoms with Crippen molar-refractivity contribution in [2.75, 3.05) is 26.2 Å². The molecule has 2 aliphatic rings. The minimum absolute atomic E-state index is 0.00162. The van der Waals surface area contributed by atoms with Gasteiger partial charge in [-0.1, -0.05) is 48.5 Å². The predicted molar refractivity (Wildman–Crippen MR) is 155 cm³/mol. The number of rotatable bonds is 10. The number of likely N-dealkylation sites (tertiary alicyclic amines) is 2. The summed E-state index contributed by atoms with van der Waals surface area (Å²) >= 11 is 0. The van der Waals surface area contributed by atoms with Crippen molar-refractivity contribution in [2.45, 2.75) is 76.9 Å². The Hall–Kier alpha value is -3.28. The predicted octanol–water partition coefficient (Wildman–Crippen LogP) is 6.61. The van der Waals surface area contributed by atoms with E-state index >= 15 is 0 Å². The topological polar surface area (TPSA) is 59.1 Å². The largest absolute Gasteiger partial charge is 0.491 e. The van der Waals surface area contributed by atoms with E-state index in [4.69, 9.17) is 9.47 Å². The summed E-state index contributed by atoms with van der Waals surface area (Å²) in [6.45, 7) is 12.2. The van der Waals surface area contributed by atoms with E-state index in [9.17, 15) is 9.59 Å². The number of allylic oxidation sites excluding steroid dienone is 1. The van der Waals surface area contributed by atoms with Gasteiger partial charge in [-0.2, -0.15) is 0 Å². The van der Waals surface area contributed by atoms with Gasteiger partial charge in [-0.25, -0.2) is 4.79 Å². The van der Waals surface area contributed by atoms with Crippen molar-refractivity contribution >= 4 is 12.0 Å². The molecule has 2 aromatic rings. The van der Waals surface area contributed by atoms with Crippen LogP contribution in [0.3, 0.4) is 0 Å². The maximum Gasteiger partial charge on any atom is 0.410 e. The highest BCUT2D eigenvalue weighted by molar-refractivity contribution is 5.81. The van der Waals surface area contributed by atoms with Crippen LogP contribution >= 0.6 is 0 Å². The van der Waals surface area contributed by atoms with Crippen molar-refractivity contribution in [1.82, 2.24) is 9.80 Å². The zero-order chi connectivity index (χ0) is 27.8. The molecule has 0 bridgehead atoms. The molecule has 0 saturated carbocycles. The van der Waals surface area contributed by atoms with Gasteiger partial charge in [-0.15, -0.1) is 6.58 Å². The van der Waals surface area contributed by atoms with Gasteiger partial charge in [0.2, 0.25) is 5.91 Å². The molecule has 210 valence electrons. The third-order valence-electron chi connectivity index (χ3n) is 7.73. The van der Waals surface area contributed by atoms with Crippen LogP contribution in [0.15, 0.2) is 67.3 Å². The zero-order valence-electron chi connectivity index (χ0n) is 23.8. The molecular formula is C33H44N2O4. The molecule has 2 heterocycles. The van der Waals surface area contributed by atoms with Gasteiger partial charge in [0.05, 0.1) is 6.04 Å². The molecule has 0 radical (unpaired) electrons. The van der Waals surface area contributed by atoms with Gasteiger partial charge >= 0.3 is 6.09 Å². The van der Waals surface area contributed by atoms with E-state index in [0.29, 0.717) is 32.0 Å². The standard InChI is InChI=1S/C33H44N2O4/c1-5-10-28-23-29(35(31(28)36)20-9-13-25-11-7-6-8-12-25)24-38-30-16-14-26(15-17-30)27-18-21-34(22-19-27)32(37)39-33(2,3)4/h5-8,11-12,14-17,27-29H,1,9-10,13,18-24H2,2-4H3/t28-,29+/m1/s1. The summed E-state index contributed by atoms with van der Waals surface area (Å²) in [4.78, 5) is 29.3. The Morgan fingerprint density at radius 3 is 2.38 bits per heavy atom. The number of carbonyl (C=O) groups excluding carboxylic acids is 2. The van der Waals surface area contributed by atoms with Crippen molar-refractivity contribution in [3.05, 3.63) is 78.4 Å². The lowest BCUT2D eigenvalue weighted by molar-refractivity contribution is -0.132. The number of carbonyl (C=O) groups is 2. The van der Waals surface area contributed by atoms with E-state index in [0.717, 1.165) is 44.4 Å². The average molecular weight is 533 g/mol. The van der Waals surface area contributed by atoms with Crippen molar-refractivity contribution in [2.24, 2.45) is 5.92 Å². The van der Waals surface area contributed by atoms with Crippen molar-refractivity contribution in [3.63, 3.8) is 0 Å². The van der Waals surface area contributed by atoms with Gasteiger partial charge in [-0.05, 0) is 88.5 Å². The number of ether oxygens (including phenoxy) is 2. The highest BCUT2D eigenvalue weighted by Crippen LogP contribution is 2.31. The molecule has 2 saturated heterocycles. The first-order valence-electron chi connectivity index (χ1n) is 14.4. The highest BCUT2D eigenvalue weighted by Gasteiger charge is 2.38. The summed E-state index contributed by atoms with van der Waals surface area (Å²) in [7, 11) is 0. The van der Waals surface area contributed by atoms with E-state index in [-0.39, 0.29) is 24.0 Å². The van der Waals surface area contributed by atoms with E-state index in [1.807, 2.05) is 54.8 Å². The molecule has 6 heteroatoms. The number of hydrogen-bond donors (Lipinski definition) is 0. The molecule has 39 heavy (non-hydrogen) atoms. The lowest BCUT2D eigenvalue weighted by Gasteiger charge is -2.33. The van der Waals surface area contributed by atoms with Crippen LogP contribution in [-0.2, 0) is 16.0 Å². The zero-order valence-corrected chi connectivity index (χ0v) is 23.8. The number of nitrogens with zero attached hydrogens (tertiary/aromatic N) is 2. The average Bonchev–Trinajstić information content (AvgIpc) is 3.21. The Bertz CT molecular complexity index is 1080. The summed E-state index contributed by atoms with van der Waals surface area (Å²) < 4.78 is 11.7. The minimum atomic E-state index is -0.471. The maximum atomic E-state index is 13.1. The van der Waals surface area contributed by atoms with Crippen LogP contribution in [-0.4, -0.2) is 59.7 Å². The fraction of sp³-hybridized carbons (Fsp3) is 0.515. The first-order chi connectivity index (χ1) is 18.7. The molecule has 0 N–H and O–H groups in total. The van der Waals surface area contributed by atoms with Crippen molar-refractivity contribution < 1.29 is 19.1 Å². The summed E-state index contributed by atoms with van der Waals surface area (Å²) in [5, 5.41) is 0. The van der Waals surface area contributed by atoms with Crippen LogP contribution in [0.4, 0.5) is 4.79 Å². The molecule has 2 fully saturated rings. The van der Waals surface area contributed by atoms with Crippen LogP contribution < -0.4 is 4.74 Å². The quantitative estimate of drug-likeness (QED) is 0.323. The van der Waals surface area contributed by atoms with Crippen LogP contribution in [0.5, 0.6) is 5.75 Å². The third kappa shape index (κ3) is 8.11. The molecule has 0 aromatic heterocycles. The van der Waals surface area contributed by atoms with Crippen LogP contribution in [0.2, 0.25) is 0 Å². The molecule has 6 nitrogen and oxygen atoms in total. The molecule has 2 aliphatic heterocycles. The molecule has 4 rings (SSSR count). The van der Waals surface area contributed by atoms with E-state index in [1.165, 1.54) is 11.1 Å². The van der Waals surface area contributed by atoms with Gasteiger partial charge in [0.25, 0.3) is 0 Å². The fourth-order valence-corrected chi connectivity index (χ4v) is 5.67. The molecule has 0 aliphatic carbocycles. The van der Waals surface area contributed by atoms with Gasteiger partial charge < -0.3 is 19.3 Å². The second-order valence-electron chi connectivity index (χ2n) is 11.9. The lowest BCUT2D eigenvalue weighted by atomic mass is 9.89. The number of hydrogen-bond acceptors (Lipinski definition) is 4. The van der Waals surface area contributed by atoms with Crippen LogP contribution in [0, 0.1) is 5.92 Å². The molecular weight excluding hydrogens is 488 g/mol. The monoisotopic (exact) mass is 532 g/mol. The SMILES string of the molecule is C=CC[C@@H]1C[C@@H](COc2ccc(C3CCN(C(=O)OC(C)(C)C)CC3)cc2)N(CCCc2ccccc2)C1=O. The summed E-state index contributed by atoms with van der Waals surface area (Å²) in [5.41, 5.74) is 2.10. The maximum absolute atomic E-state index is 13.1. The molecule has 2 aromatic carbocycles. The van der Waals surface area contributed by atoms with E-state index in [1.54, 1.807) is 0 Å². The Labute approximate surface area is 234 Å². The van der Waals surface area contributed by atoms with E-state index in [2.05, 4.69) is 43.0 Å². The lowest BCUT2D eigenvalue weighted by Crippen LogP contribution is -2.41. The van der Waals surface area contributed by atoms with Crippen LogP contribution in [0.1, 0.15) is 69.9 Å². The Morgan fingerprint density at radius 2 is 1.74 bits per heavy atom. The number of benzene rings is 2. The molecule has 2 atom stereocenters. The highest BCUT2D eigenvalue weighted by atomic mass is 16.6. The van der Waals surface area contributed by atoms with Gasteiger partial charge in [0.1, 0.15) is 18.0 Å². The molecule has 2 amide bonds. The number of piperidine rings is 1. The second kappa shape index (κ2) is 13.2. The molecule has 0 unspecified atom stereocenters. The molecule has 0 spiro atoms. The first kappa shape index (κ1) is 28.7. The fourth-order valence-electron chi connectivity index (χ4n) is 5.67. The Morgan fingerprint density at radius 1 is 1.05 bits per heavy atom. The second-order valence-corrected chi connectivity index (χ2v) is 11.9. The van der Waals surface area contributed by atoms with Crippen LogP contribution in [0.25, 0.3) is 0 Å². The van der Waals surface area contributed by atoms with Gasteiger partial charge in [0, 0.05) is 25.6 Å². The first-order valence-corrected chi connectivity index (χ1v) is 14.4. The third-order valence-corrected chi connectivity index (χ3v) is 7.73. The van der Waals surface area contributed by atoms with Gasteiger partial charge in [0.15, 0.2) is 0 Å². The minimum Gasteiger partial charge on any atom is -0.491 e. The Kier molecular flexibility index (Phi) is 9.71. The Balaban J connectivity index is 1.28. The smallest absolute Gasteiger partial charge is 0.410 e. The summed E-state index contributed by atoms with van der Waals surface area (Å²) in [6, 6.07) is 18.9.